The van der Waals surface area contributed by atoms with Gasteiger partial charge in [0, 0.05) is 5.92 Å². The van der Waals surface area contributed by atoms with Gasteiger partial charge in [0.25, 0.3) is 0 Å². The molecule has 0 aromatic heterocycles. The van der Waals surface area contributed by atoms with Gasteiger partial charge in [-0.1, -0.05) is 24.7 Å². The van der Waals surface area contributed by atoms with Gasteiger partial charge in [-0.05, 0) is 19.9 Å². The van der Waals surface area contributed by atoms with Gasteiger partial charge in [-0.3, -0.25) is 0 Å². The summed E-state index contributed by atoms with van der Waals surface area (Å²) < 4.78 is 0. The Morgan fingerprint density at radius 3 is 2.70 bits per heavy atom. The second kappa shape index (κ2) is 4.35. The molecular formula is C9H15N. The molecule has 1 saturated carbocycles. The SMILES string of the molecule is CNCC#CC1CCCC1. The van der Waals surface area contributed by atoms with Crippen molar-refractivity contribution < 1.29 is 0 Å². The maximum absolute atomic E-state index is 3.27. The highest BCUT2D eigenvalue weighted by molar-refractivity contribution is 5.06. The molecule has 0 spiro atoms. The van der Waals surface area contributed by atoms with Crippen molar-refractivity contribution in [3.05, 3.63) is 0 Å². The fourth-order valence-electron chi connectivity index (χ4n) is 1.35. The van der Waals surface area contributed by atoms with Crippen LogP contribution in [0.15, 0.2) is 0 Å². The van der Waals surface area contributed by atoms with E-state index >= 15 is 0 Å². The van der Waals surface area contributed by atoms with E-state index in [1.165, 1.54) is 25.7 Å². The van der Waals surface area contributed by atoms with Crippen molar-refractivity contribution in [2.24, 2.45) is 5.92 Å². The molecule has 1 rings (SSSR count). The van der Waals surface area contributed by atoms with E-state index in [0.29, 0.717) is 5.92 Å². The molecule has 1 nitrogen and oxygen atoms in total. The van der Waals surface area contributed by atoms with Gasteiger partial charge in [-0.2, -0.15) is 0 Å². The minimum atomic E-state index is 0.716. The topological polar surface area (TPSA) is 12.0 Å². The van der Waals surface area contributed by atoms with Crippen LogP contribution in [0.1, 0.15) is 25.7 Å². The summed E-state index contributed by atoms with van der Waals surface area (Å²) in [6.07, 6.45) is 5.44. The highest BCUT2D eigenvalue weighted by Crippen LogP contribution is 2.23. The summed E-state index contributed by atoms with van der Waals surface area (Å²) in [4.78, 5) is 0. The van der Waals surface area contributed by atoms with Crippen LogP contribution in [0, 0.1) is 17.8 Å². The molecule has 0 aromatic rings. The highest BCUT2D eigenvalue weighted by atomic mass is 14.8. The van der Waals surface area contributed by atoms with Crippen LogP contribution in [0.3, 0.4) is 0 Å². The first-order valence-electron chi connectivity index (χ1n) is 4.06. The van der Waals surface area contributed by atoms with E-state index in [2.05, 4.69) is 17.2 Å². The molecule has 0 saturated heterocycles. The molecule has 56 valence electrons. The summed E-state index contributed by atoms with van der Waals surface area (Å²) in [5, 5.41) is 3.02. The third-order valence-electron chi connectivity index (χ3n) is 1.93. The van der Waals surface area contributed by atoms with Crippen molar-refractivity contribution in [1.82, 2.24) is 5.32 Å². The number of hydrogen-bond acceptors (Lipinski definition) is 1. The van der Waals surface area contributed by atoms with Crippen LogP contribution in [0.5, 0.6) is 0 Å². The normalized spacial score (nSPS) is 18.5. The first-order valence-corrected chi connectivity index (χ1v) is 4.06. The van der Waals surface area contributed by atoms with E-state index in [1.807, 2.05) is 7.05 Å². The first kappa shape index (κ1) is 7.63. The molecule has 1 fully saturated rings. The van der Waals surface area contributed by atoms with Crippen molar-refractivity contribution in [3.8, 4) is 11.8 Å². The molecule has 0 bridgehead atoms. The lowest BCUT2D eigenvalue weighted by molar-refractivity contribution is 0.710. The zero-order valence-corrected chi connectivity index (χ0v) is 6.61. The molecule has 10 heavy (non-hydrogen) atoms. The van der Waals surface area contributed by atoms with Gasteiger partial charge in [0.2, 0.25) is 0 Å². The third-order valence-corrected chi connectivity index (χ3v) is 1.93. The molecule has 0 aromatic carbocycles. The Kier molecular flexibility index (Phi) is 3.32. The smallest absolute Gasteiger partial charge is 0.0574 e. The van der Waals surface area contributed by atoms with Crippen molar-refractivity contribution in [3.63, 3.8) is 0 Å². The Morgan fingerprint density at radius 2 is 2.10 bits per heavy atom. The van der Waals surface area contributed by atoms with Crippen LogP contribution in [0.25, 0.3) is 0 Å². The summed E-state index contributed by atoms with van der Waals surface area (Å²) in [5.41, 5.74) is 0. The molecule has 0 aliphatic heterocycles. The van der Waals surface area contributed by atoms with Gasteiger partial charge in [0.15, 0.2) is 0 Å². The summed E-state index contributed by atoms with van der Waals surface area (Å²) in [6, 6.07) is 0. The van der Waals surface area contributed by atoms with E-state index in [0.717, 1.165) is 6.54 Å². The summed E-state index contributed by atoms with van der Waals surface area (Å²) >= 11 is 0. The van der Waals surface area contributed by atoms with Crippen LogP contribution >= 0.6 is 0 Å². The monoisotopic (exact) mass is 137 g/mol. The minimum Gasteiger partial charge on any atom is -0.309 e. The van der Waals surface area contributed by atoms with E-state index in [1.54, 1.807) is 0 Å². The Morgan fingerprint density at radius 1 is 1.40 bits per heavy atom. The summed E-state index contributed by atoms with van der Waals surface area (Å²) in [7, 11) is 1.93. The summed E-state index contributed by atoms with van der Waals surface area (Å²) in [6.45, 7) is 0.844. The molecule has 1 N–H and O–H groups in total. The van der Waals surface area contributed by atoms with E-state index in [4.69, 9.17) is 0 Å². The summed E-state index contributed by atoms with van der Waals surface area (Å²) in [5.74, 6) is 7.10. The van der Waals surface area contributed by atoms with Gasteiger partial charge in [0.05, 0.1) is 6.54 Å². The average Bonchev–Trinajstić information content (AvgIpc) is 2.41. The Labute approximate surface area is 63.2 Å². The third kappa shape index (κ3) is 2.41. The van der Waals surface area contributed by atoms with Gasteiger partial charge < -0.3 is 5.32 Å². The molecule has 0 unspecified atom stereocenters. The molecular weight excluding hydrogens is 122 g/mol. The lowest BCUT2D eigenvalue weighted by Crippen LogP contribution is -2.04. The lowest BCUT2D eigenvalue weighted by atomic mass is 10.1. The quantitative estimate of drug-likeness (QED) is 0.539. The number of hydrogen-bond donors (Lipinski definition) is 1. The second-order valence-electron chi connectivity index (χ2n) is 2.83. The Balaban J connectivity index is 2.17. The van der Waals surface area contributed by atoms with Gasteiger partial charge in [-0.15, -0.1) is 0 Å². The van der Waals surface area contributed by atoms with Crippen LogP contribution in [0.4, 0.5) is 0 Å². The van der Waals surface area contributed by atoms with E-state index < -0.39 is 0 Å². The van der Waals surface area contributed by atoms with Crippen molar-refractivity contribution in [2.75, 3.05) is 13.6 Å². The van der Waals surface area contributed by atoms with Gasteiger partial charge >= 0.3 is 0 Å². The van der Waals surface area contributed by atoms with Gasteiger partial charge in [0.1, 0.15) is 0 Å². The van der Waals surface area contributed by atoms with Crippen LogP contribution < -0.4 is 5.32 Å². The standard InChI is InChI=1S/C9H15N/c1-10-8-4-7-9-5-2-3-6-9/h9-10H,2-3,5-6,8H2,1H3. The van der Waals surface area contributed by atoms with Crippen molar-refractivity contribution in [1.29, 1.82) is 0 Å². The Hall–Kier alpha value is -0.480. The van der Waals surface area contributed by atoms with Crippen LogP contribution in [0.2, 0.25) is 0 Å². The fourth-order valence-corrected chi connectivity index (χ4v) is 1.35. The minimum absolute atomic E-state index is 0.716. The molecule has 0 radical (unpaired) electrons. The largest absolute Gasteiger partial charge is 0.309 e. The molecule has 0 heterocycles. The predicted molar refractivity (Wildman–Crippen MR) is 43.7 cm³/mol. The van der Waals surface area contributed by atoms with Crippen LogP contribution in [-0.2, 0) is 0 Å². The van der Waals surface area contributed by atoms with Crippen molar-refractivity contribution >= 4 is 0 Å². The maximum atomic E-state index is 3.27. The molecule has 1 heteroatoms. The van der Waals surface area contributed by atoms with Crippen LogP contribution in [-0.4, -0.2) is 13.6 Å². The predicted octanol–water partition coefficient (Wildman–Crippen LogP) is 1.40. The molecule has 1 aliphatic carbocycles. The second-order valence-corrected chi connectivity index (χ2v) is 2.83. The molecule has 0 amide bonds. The lowest BCUT2D eigenvalue weighted by Gasteiger charge is -1.94. The van der Waals surface area contributed by atoms with Crippen molar-refractivity contribution in [2.45, 2.75) is 25.7 Å². The number of nitrogens with one attached hydrogen (secondary N) is 1. The van der Waals surface area contributed by atoms with E-state index in [-0.39, 0.29) is 0 Å². The number of rotatable bonds is 1. The van der Waals surface area contributed by atoms with Gasteiger partial charge in [-0.25, -0.2) is 0 Å². The van der Waals surface area contributed by atoms with E-state index in [9.17, 15) is 0 Å². The molecule has 0 atom stereocenters. The Bertz CT molecular complexity index is 135. The fraction of sp³-hybridized carbons (Fsp3) is 0.778. The highest BCUT2D eigenvalue weighted by Gasteiger charge is 2.10. The zero-order chi connectivity index (χ0) is 7.23. The molecule has 1 aliphatic rings. The zero-order valence-electron chi connectivity index (χ0n) is 6.61. The maximum Gasteiger partial charge on any atom is 0.0574 e. The first-order chi connectivity index (χ1) is 4.93. The average molecular weight is 137 g/mol.